The van der Waals surface area contributed by atoms with Crippen LogP contribution in [0.1, 0.15) is 5.56 Å². The van der Waals surface area contributed by atoms with Crippen molar-refractivity contribution in [3.63, 3.8) is 0 Å². The maximum Gasteiger partial charge on any atom is 0.228 e. The average molecular weight is 257 g/mol. The summed E-state index contributed by atoms with van der Waals surface area (Å²) in [5.74, 6) is 0.0180. The fourth-order valence-electron chi connectivity index (χ4n) is 1.88. The number of nitrogen functional groups attached to an aromatic ring is 1. The molecule has 0 unspecified atom stereocenters. The van der Waals surface area contributed by atoms with E-state index in [2.05, 4.69) is 10.3 Å². The Morgan fingerprint density at radius 1 is 1.33 bits per heavy atom. The van der Waals surface area contributed by atoms with Gasteiger partial charge in [-0.15, -0.1) is 0 Å². The summed E-state index contributed by atoms with van der Waals surface area (Å²) in [5.41, 5.74) is 8.50. The smallest absolute Gasteiger partial charge is 0.228 e. The number of nitrogens with zero attached hydrogens (tertiary/aromatic N) is 1. The van der Waals surface area contributed by atoms with Crippen LogP contribution in [0.2, 0.25) is 0 Å². The molecular weight excluding hydrogens is 246 g/mol. The van der Waals surface area contributed by atoms with Crippen molar-refractivity contribution < 1.29 is 4.79 Å². The van der Waals surface area contributed by atoms with Crippen LogP contribution in [-0.4, -0.2) is 10.9 Å². The maximum atomic E-state index is 11.3. The Balaban J connectivity index is 1.94. The van der Waals surface area contributed by atoms with Crippen molar-refractivity contribution in [2.75, 3.05) is 11.1 Å². The minimum Gasteiger partial charge on any atom is -0.398 e. The summed E-state index contributed by atoms with van der Waals surface area (Å²) < 4.78 is 0. The molecule has 0 radical (unpaired) electrons. The van der Waals surface area contributed by atoms with Gasteiger partial charge >= 0.3 is 0 Å². The largest absolute Gasteiger partial charge is 0.398 e. The van der Waals surface area contributed by atoms with Gasteiger partial charge in [-0.25, -0.2) is 4.98 Å². The van der Waals surface area contributed by atoms with Crippen molar-refractivity contribution in [3.05, 3.63) is 42.1 Å². The number of amides is 1. The predicted molar refractivity (Wildman–Crippen MR) is 71.5 cm³/mol. The number of nitrogens with two attached hydrogens (primary N) is 1. The minimum atomic E-state index is 0.0180. The van der Waals surface area contributed by atoms with Crippen molar-refractivity contribution >= 4 is 29.0 Å². The molecule has 2 heterocycles. The molecule has 2 aromatic rings. The number of aromatic nitrogens is 1. The number of hydrogen-bond acceptors (Lipinski definition) is 4. The van der Waals surface area contributed by atoms with Crippen LogP contribution in [0, 0.1) is 0 Å². The van der Waals surface area contributed by atoms with Gasteiger partial charge in [-0.1, -0.05) is 17.8 Å². The van der Waals surface area contributed by atoms with Crippen molar-refractivity contribution in [2.24, 2.45) is 0 Å². The van der Waals surface area contributed by atoms with E-state index in [0.29, 0.717) is 12.1 Å². The lowest BCUT2D eigenvalue weighted by molar-refractivity contribution is -0.115. The van der Waals surface area contributed by atoms with Crippen molar-refractivity contribution in [1.82, 2.24) is 4.98 Å². The van der Waals surface area contributed by atoms with Crippen LogP contribution < -0.4 is 11.1 Å². The maximum absolute atomic E-state index is 11.3. The van der Waals surface area contributed by atoms with Crippen LogP contribution in [0.4, 0.5) is 11.4 Å². The number of anilines is 2. The Bertz CT molecular complexity index is 613. The number of carbonyl (C=O) groups excluding carboxylic acids is 1. The lowest BCUT2D eigenvalue weighted by Gasteiger charge is -2.07. The molecule has 0 bridgehead atoms. The van der Waals surface area contributed by atoms with E-state index in [-0.39, 0.29) is 5.91 Å². The lowest BCUT2D eigenvalue weighted by Crippen LogP contribution is -2.03. The average Bonchev–Trinajstić information content (AvgIpc) is 2.70. The molecular formula is C13H11N3OS. The number of fused-ring (bicyclic) bond motifs is 1. The SMILES string of the molecule is Nc1cc2c(cc1Sc1ccccn1)NC(=O)C2. The van der Waals surface area contributed by atoms with E-state index in [0.717, 1.165) is 21.2 Å². The van der Waals surface area contributed by atoms with Gasteiger partial charge in [0.05, 0.1) is 6.42 Å². The van der Waals surface area contributed by atoms with Crippen LogP contribution in [0.15, 0.2) is 46.5 Å². The highest BCUT2D eigenvalue weighted by molar-refractivity contribution is 7.99. The highest BCUT2D eigenvalue weighted by Crippen LogP contribution is 2.36. The summed E-state index contributed by atoms with van der Waals surface area (Å²) in [5, 5.41) is 3.71. The van der Waals surface area contributed by atoms with E-state index in [4.69, 9.17) is 5.73 Å². The van der Waals surface area contributed by atoms with E-state index in [1.165, 1.54) is 11.8 Å². The number of hydrogen-bond donors (Lipinski definition) is 2. The normalized spacial score (nSPS) is 13.2. The molecule has 0 atom stereocenters. The second kappa shape index (κ2) is 4.34. The van der Waals surface area contributed by atoms with Gasteiger partial charge in [0.2, 0.25) is 5.91 Å². The standard InChI is InChI=1S/C13H11N3OS/c14-9-5-8-6-12(17)16-10(8)7-11(9)18-13-3-1-2-4-15-13/h1-5,7H,6,14H2,(H,16,17). The summed E-state index contributed by atoms with van der Waals surface area (Å²) in [4.78, 5) is 16.5. The molecule has 1 aromatic carbocycles. The third-order valence-corrected chi connectivity index (χ3v) is 3.74. The molecule has 5 heteroatoms. The first-order valence-electron chi connectivity index (χ1n) is 5.53. The molecule has 3 N–H and O–H groups in total. The zero-order valence-corrected chi connectivity index (χ0v) is 10.3. The lowest BCUT2D eigenvalue weighted by atomic mass is 10.1. The fourth-order valence-corrected chi connectivity index (χ4v) is 2.72. The van der Waals surface area contributed by atoms with Crippen molar-refractivity contribution in [1.29, 1.82) is 0 Å². The van der Waals surface area contributed by atoms with E-state index < -0.39 is 0 Å². The Hall–Kier alpha value is -2.01. The molecule has 90 valence electrons. The summed E-state index contributed by atoms with van der Waals surface area (Å²) >= 11 is 1.49. The molecule has 0 spiro atoms. The number of benzene rings is 1. The number of carbonyl (C=O) groups is 1. The Kier molecular flexibility index (Phi) is 2.68. The summed E-state index contributed by atoms with van der Waals surface area (Å²) in [7, 11) is 0. The van der Waals surface area contributed by atoms with Gasteiger partial charge in [0.25, 0.3) is 0 Å². The van der Waals surface area contributed by atoms with Crippen LogP contribution >= 0.6 is 11.8 Å². The van der Waals surface area contributed by atoms with E-state index in [9.17, 15) is 4.79 Å². The van der Waals surface area contributed by atoms with Gasteiger partial charge in [-0.2, -0.15) is 0 Å². The minimum absolute atomic E-state index is 0.0180. The second-order valence-electron chi connectivity index (χ2n) is 4.04. The van der Waals surface area contributed by atoms with Gasteiger partial charge in [0.15, 0.2) is 0 Å². The molecule has 18 heavy (non-hydrogen) atoms. The first-order chi connectivity index (χ1) is 8.72. The molecule has 0 aliphatic carbocycles. The molecule has 1 aliphatic heterocycles. The predicted octanol–water partition coefficient (Wildman–Crippen LogP) is 2.31. The van der Waals surface area contributed by atoms with Crippen molar-refractivity contribution in [3.8, 4) is 0 Å². The van der Waals surface area contributed by atoms with Gasteiger partial charge in [-0.3, -0.25) is 4.79 Å². The number of nitrogens with one attached hydrogen (secondary N) is 1. The van der Waals surface area contributed by atoms with E-state index in [1.54, 1.807) is 6.20 Å². The molecule has 1 aliphatic rings. The monoisotopic (exact) mass is 257 g/mol. The van der Waals surface area contributed by atoms with Crippen LogP contribution in [0.5, 0.6) is 0 Å². The van der Waals surface area contributed by atoms with Gasteiger partial charge in [-0.05, 0) is 29.8 Å². The Morgan fingerprint density at radius 2 is 2.22 bits per heavy atom. The zero-order valence-electron chi connectivity index (χ0n) is 9.51. The van der Waals surface area contributed by atoms with Crippen molar-refractivity contribution in [2.45, 2.75) is 16.3 Å². The van der Waals surface area contributed by atoms with Gasteiger partial charge in [0.1, 0.15) is 5.03 Å². The quantitative estimate of drug-likeness (QED) is 0.810. The molecule has 0 fully saturated rings. The molecule has 0 saturated heterocycles. The molecule has 3 rings (SSSR count). The summed E-state index contributed by atoms with van der Waals surface area (Å²) in [6.07, 6.45) is 2.15. The third-order valence-electron chi connectivity index (χ3n) is 2.71. The molecule has 4 nitrogen and oxygen atoms in total. The first kappa shape index (κ1) is 11.1. The van der Waals surface area contributed by atoms with E-state index in [1.807, 2.05) is 30.3 Å². The van der Waals surface area contributed by atoms with Gasteiger partial charge < -0.3 is 11.1 Å². The first-order valence-corrected chi connectivity index (χ1v) is 6.35. The molecule has 1 aromatic heterocycles. The number of pyridine rings is 1. The molecule has 0 saturated carbocycles. The highest BCUT2D eigenvalue weighted by atomic mass is 32.2. The zero-order chi connectivity index (χ0) is 12.5. The van der Waals surface area contributed by atoms with Crippen LogP contribution in [-0.2, 0) is 11.2 Å². The van der Waals surface area contributed by atoms with Crippen LogP contribution in [0.25, 0.3) is 0 Å². The molecule has 1 amide bonds. The van der Waals surface area contributed by atoms with E-state index >= 15 is 0 Å². The highest BCUT2D eigenvalue weighted by Gasteiger charge is 2.19. The van der Waals surface area contributed by atoms with Gasteiger partial charge in [0, 0.05) is 22.5 Å². The Morgan fingerprint density at radius 3 is 3.00 bits per heavy atom. The third kappa shape index (κ3) is 2.04. The summed E-state index contributed by atoms with van der Waals surface area (Å²) in [6.45, 7) is 0. The summed E-state index contributed by atoms with van der Waals surface area (Å²) in [6, 6.07) is 9.50. The topological polar surface area (TPSA) is 68.0 Å². The second-order valence-corrected chi connectivity index (χ2v) is 5.10. The number of rotatable bonds is 2. The Labute approximate surface area is 109 Å². The van der Waals surface area contributed by atoms with Crippen LogP contribution in [0.3, 0.4) is 0 Å². The fraction of sp³-hybridized carbons (Fsp3) is 0.0769.